The van der Waals surface area contributed by atoms with E-state index in [0.29, 0.717) is 35.9 Å². The van der Waals surface area contributed by atoms with Crippen molar-refractivity contribution in [2.75, 3.05) is 0 Å². The van der Waals surface area contributed by atoms with Gasteiger partial charge in [0.2, 0.25) is 23.5 Å². The third-order valence-electron chi connectivity index (χ3n) is 3.66. The smallest absolute Gasteiger partial charge is 0.248 e. The van der Waals surface area contributed by atoms with Crippen molar-refractivity contribution in [3.8, 4) is 11.5 Å². The minimum absolute atomic E-state index is 0.137. The van der Waals surface area contributed by atoms with Crippen LogP contribution in [0.4, 0.5) is 0 Å². The number of nitrogens with one attached hydrogen (secondary N) is 1. The molecule has 0 bridgehead atoms. The van der Waals surface area contributed by atoms with Gasteiger partial charge in [-0.3, -0.25) is 14.6 Å². The first-order chi connectivity index (χ1) is 12.6. The summed E-state index contributed by atoms with van der Waals surface area (Å²) in [5, 5.41) is 6.66. The number of hydrogen-bond acceptors (Lipinski definition) is 6. The van der Waals surface area contributed by atoms with Gasteiger partial charge in [0.05, 0.1) is 0 Å². The predicted molar refractivity (Wildman–Crippen MR) is 92.7 cm³/mol. The number of amides is 2. The molecule has 2 heterocycles. The zero-order valence-corrected chi connectivity index (χ0v) is 13.9. The molecular weight excluding hydrogens is 334 g/mol. The van der Waals surface area contributed by atoms with Gasteiger partial charge in [0.25, 0.3) is 0 Å². The van der Waals surface area contributed by atoms with Crippen LogP contribution in [0.25, 0.3) is 11.5 Å². The van der Waals surface area contributed by atoms with E-state index in [4.69, 9.17) is 10.3 Å². The van der Waals surface area contributed by atoms with Crippen LogP contribution >= 0.6 is 0 Å². The second-order valence-electron chi connectivity index (χ2n) is 5.56. The van der Waals surface area contributed by atoms with Crippen LogP contribution in [-0.2, 0) is 17.8 Å². The molecule has 2 aromatic heterocycles. The fraction of sp³-hybridized carbons (Fsp3) is 0.167. The van der Waals surface area contributed by atoms with Crippen LogP contribution in [0.3, 0.4) is 0 Å². The zero-order chi connectivity index (χ0) is 18.4. The molecule has 0 aliphatic carbocycles. The van der Waals surface area contributed by atoms with Gasteiger partial charge in [-0.2, -0.15) is 4.98 Å². The third kappa shape index (κ3) is 4.50. The molecular formula is C18H17N5O3. The average molecular weight is 351 g/mol. The van der Waals surface area contributed by atoms with Gasteiger partial charge >= 0.3 is 0 Å². The van der Waals surface area contributed by atoms with Crippen molar-refractivity contribution in [3.05, 3.63) is 65.7 Å². The fourth-order valence-corrected chi connectivity index (χ4v) is 2.25. The summed E-state index contributed by atoms with van der Waals surface area (Å²) in [6.07, 6.45) is 2.21. The highest BCUT2D eigenvalue weighted by Crippen LogP contribution is 2.12. The standard InChI is InChI=1S/C18H17N5O3/c19-17(25)13-6-4-12(5-7-13)11-21-15(24)8-9-16-22-18(23-26-16)14-3-1-2-10-20-14/h1-7,10H,8-9,11H2,(H2,19,25)(H,21,24). The number of rotatable bonds is 7. The second kappa shape index (κ2) is 8.02. The van der Waals surface area contributed by atoms with Gasteiger partial charge in [-0.05, 0) is 29.8 Å². The zero-order valence-electron chi connectivity index (χ0n) is 13.9. The quantitative estimate of drug-likeness (QED) is 0.664. The van der Waals surface area contributed by atoms with E-state index in [1.807, 2.05) is 6.07 Å². The van der Waals surface area contributed by atoms with Crippen molar-refractivity contribution < 1.29 is 14.1 Å². The van der Waals surface area contributed by atoms with Crippen molar-refractivity contribution in [2.45, 2.75) is 19.4 Å². The lowest BCUT2D eigenvalue weighted by Crippen LogP contribution is -2.23. The number of aromatic nitrogens is 3. The molecule has 0 fully saturated rings. The summed E-state index contributed by atoms with van der Waals surface area (Å²) in [5.41, 5.74) is 7.11. The number of carbonyl (C=O) groups is 2. The maximum Gasteiger partial charge on any atom is 0.248 e. The monoisotopic (exact) mass is 351 g/mol. The summed E-state index contributed by atoms with van der Waals surface area (Å²) in [5.74, 6) is 0.161. The Kier molecular flexibility index (Phi) is 5.33. The number of primary amides is 1. The molecule has 0 saturated heterocycles. The van der Waals surface area contributed by atoms with Crippen molar-refractivity contribution in [2.24, 2.45) is 5.73 Å². The molecule has 0 aliphatic heterocycles. The molecule has 1 aromatic carbocycles. The summed E-state index contributed by atoms with van der Waals surface area (Å²) < 4.78 is 5.14. The van der Waals surface area contributed by atoms with Crippen molar-refractivity contribution in [3.63, 3.8) is 0 Å². The second-order valence-corrected chi connectivity index (χ2v) is 5.56. The summed E-state index contributed by atoms with van der Waals surface area (Å²) >= 11 is 0. The number of pyridine rings is 1. The van der Waals surface area contributed by atoms with Gasteiger partial charge in [0.1, 0.15) is 5.69 Å². The minimum Gasteiger partial charge on any atom is -0.366 e. The first kappa shape index (κ1) is 17.3. The SMILES string of the molecule is NC(=O)c1ccc(CNC(=O)CCc2nc(-c3ccccn3)no2)cc1. The largest absolute Gasteiger partial charge is 0.366 e. The van der Waals surface area contributed by atoms with Gasteiger partial charge in [-0.25, -0.2) is 0 Å². The van der Waals surface area contributed by atoms with Crippen LogP contribution in [0.5, 0.6) is 0 Å². The van der Waals surface area contributed by atoms with E-state index < -0.39 is 5.91 Å². The number of aryl methyl sites for hydroxylation is 1. The average Bonchev–Trinajstić information content (AvgIpc) is 3.15. The lowest BCUT2D eigenvalue weighted by Gasteiger charge is -2.05. The van der Waals surface area contributed by atoms with Gasteiger partial charge in [0, 0.05) is 31.1 Å². The molecule has 0 aliphatic rings. The van der Waals surface area contributed by atoms with E-state index in [1.165, 1.54) is 0 Å². The Balaban J connectivity index is 1.47. The van der Waals surface area contributed by atoms with E-state index >= 15 is 0 Å². The Bertz CT molecular complexity index is 891. The van der Waals surface area contributed by atoms with Crippen LogP contribution in [0.1, 0.15) is 28.2 Å². The molecule has 0 atom stereocenters. The molecule has 2 amide bonds. The van der Waals surface area contributed by atoms with Crippen LogP contribution in [0.15, 0.2) is 53.2 Å². The molecule has 3 rings (SSSR count). The molecule has 8 nitrogen and oxygen atoms in total. The molecule has 0 saturated carbocycles. The van der Waals surface area contributed by atoms with E-state index in [-0.39, 0.29) is 12.3 Å². The molecule has 0 unspecified atom stereocenters. The summed E-state index contributed by atoms with van der Waals surface area (Å²) in [6.45, 7) is 0.362. The lowest BCUT2D eigenvalue weighted by atomic mass is 10.1. The van der Waals surface area contributed by atoms with E-state index in [1.54, 1.807) is 42.6 Å². The molecule has 3 aromatic rings. The first-order valence-electron chi connectivity index (χ1n) is 8.01. The highest BCUT2D eigenvalue weighted by Gasteiger charge is 2.11. The topological polar surface area (TPSA) is 124 Å². The summed E-state index contributed by atoms with van der Waals surface area (Å²) in [7, 11) is 0. The molecule has 8 heteroatoms. The highest BCUT2D eigenvalue weighted by atomic mass is 16.5. The van der Waals surface area contributed by atoms with E-state index in [0.717, 1.165) is 5.56 Å². The van der Waals surface area contributed by atoms with Crippen LogP contribution in [0, 0.1) is 0 Å². The number of hydrogen-bond donors (Lipinski definition) is 2. The van der Waals surface area contributed by atoms with Gasteiger partial charge in [0.15, 0.2) is 0 Å². The van der Waals surface area contributed by atoms with Crippen LogP contribution in [0.2, 0.25) is 0 Å². The van der Waals surface area contributed by atoms with Crippen LogP contribution < -0.4 is 11.1 Å². The Hall–Kier alpha value is -3.55. The normalized spacial score (nSPS) is 10.5. The van der Waals surface area contributed by atoms with Crippen molar-refractivity contribution in [1.82, 2.24) is 20.4 Å². The van der Waals surface area contributed by atoms with E-state index in [9.17, 15) is 9.59 Å². The summed E-state index contributed by atoms with van der Waals surface area (Å²) in [6, 6.07) is 12.2. The minimum atomic E-state index is -0.481. The maximum atomic E-state index is 12.0. The lowest BCUT2D eigenvalue weighted by molar-refractivity contribution is -0.121. The Labute approximate surface area is 149 Å². The number of carbonyl (C=O) groups excluding carboxylic acids is 2. The molecule has 3 N–H and O–H groups in total. The molecule has 0 radical (unpaired) electrons. The van der Waals surface area contributed by atoms with Crippen LogP contribution in [-0.4, -0.2) is 26.9 Å². The van der Waals surface area contributed by atoms with E-state index in [2.05, 4.69) is 20.4 Å². The van der Waals surface area contributed by atoms with Crippen molar-refractivity contribution in [1.29, 1.82) is 0 Å². The number of benzene rings is 1. The van der Waals surface area contributed by atoms with Crippen molar-refractivity contribution >= 4 is 11.8 Å². The predicted octanol–water partition coefficient (Wildman–Crippen LogP) is 1.48. The highest BCUT2D eigenvalue weighted by molar-refractivity contribution is 5.92. The number of nitrogens with two attached hydrogens (primary N) is 1. The number of nitrogens with zero attached hydrogens (tertiary/aromatic N) is 3. The van der Waals surface area contributed by atoms with Gasteiger partial charge in [-0.15, -0.1) is 0 Å². The third-order valence-corrected chi connectivity index (χ3v) is 3.66. The maximum absolute atomic E-state index is 12.0. The summed E-state index contributed by atoms with van der Waals surface area (Å²) in [4.78, 5) is 31.4. The molecule has 26 heavy (non-hydrogen) atoms. The molecule has 132 valence electrons. The van der Waals surface area contributed by atoms with Gasteiger partial charge in [-0.1, -0.05) is 23.4 Å². The Morgan fingerprint density at radius 2 is 1.92 bits per heavy atom. The van der Waals surface area contributed by atoms with Gasteiger partial charge < -0.3 is 15.6 Å². The first-order valence-corrected chi connectivity index (χ1v) is 8.01. The fourth-order valence-electron chi connectivity index (χ4n) is 2.25. The Morgan fingerprint density at radius 3 is 2.62 bits per heavy atom. The molecule has 0 spiro atoms. The Morgan fingerprint density at radius 1 is 1.12 bits per heavy atom.